The average Bonchev–Trinajstić information content (AvgIpc) is 3.09. The van der Waals surface area contributed by atoms with Crippen LogP contribution in [0.15, 0.2) is 59.0 Å². The molecule has 0 aliphatic heterocycles. The van der Waals surface area contributed by atoms with Gasteiger partial charge >= 0.3 is 12.1 Å². The van der Waals surface area contributed by atoms with E-state index in [1.54, 1.807) is 24.3 Å². The Morgan fingerprint density at radius 2 is 1.93 bits per heavy atom. The van der Waals surface area contributed by atoms with Gasteiger partial charge in [0.15, 0.2) is 11.7 Å². The number of rotatable bonds is 5. The summed E-state index contributed by atoms with van der Waals surface area (Å²) >= 11 is 0. The molecule has 1 amide bonds. The van der Waals surface area contributed by atoms with Gasteiger partial charge in [-0.2, -0.15) is 13.2 Å². The Morgan fingerprint density at radius 3 is 2.66 bits per heavy atom. The number of para-hydroxylation sites is 2. The molecule has 1 aromatic heterocycles. The molecular formula is C20H15F3N2O4. The third kappa shape index (κ3) is 5.22. The van der Waals surface area contributed by atoms with Gasteiger partial charge < -0.3 is 14.5 Å². The summed E-state index contributed by atoms with van der Waals surface area (Å²) in [5, 5.41) is 2.28. The summed E-state index contributed by atoms with van der Waals surface area (Å²) in [5.74, 6) is -1.42. The molecule has 0 spiro atoms. The summed E-state index contributed by atoms with van der Waals surface area (Å²) in [6, 6.07) is 11.2. The van der Waals surface area contributed by atoms with Crippen LogP contribution < -0.4 is 5.32 Å². The molecule has 0 radical (unpaired) electrons. The minimum absolute atomic E-state index is 0.0604. The molecule has 0 fully saturated rings. The average molecular weight is 404 g/mol. The van der Waals surface area contributed by atoms with Gasteiger partial charge in [0.05, 0.1) is 5.56 Å². The van der Waals surface area contributed by atoms with E-state index in [1.807, 2.05) is 0 Å². The first-order chi connectivity index (χ1) is 13.7. The lowest BCUT2D eigenvalue weighted by molar-refractivity contribution is -0.148. The quantitative estimate of drug-likeness (QED) is 0.503. The molecule has 2 aromatic carbocycles. The van der Waals surface area contributed by atoms with Gasteiger partial charge in [0.25, 0.3) is 5.91 Å². The second kappa shape index (κ2) is 8.17. The number of esters is 1. The minimum atomic E-state index is -4.53. The number of carbonyl (C=O) groups excluding carboxylic acids is 2. The molecule has 6 nitrogen and oxygen atoms in total. The molecule has 29 heavy (non-hydrogen) atoms. The number of anilines is 1. The summed E-state index contributed by atoms with van der Waals surface area (Å²) in [5.41, 5.74) is 0.208. The van der Waals surface area contributed by atoms with Gasteiger partial charge in [-0.15, -0.1) is 0 Å². The lowest BCUT2D eigenvalue weighted by Crippen LogP contribution is -2.29. The topological polar surface area (TPSA) is 81.4 Å². The number of nitrogens with one attached hydrogen (secondary N) is 1. The normalized spacial score (nSPS) is 12.8. The fourth-order valence-electron chi connectivity index (χ4n) is 2.38. The molecule has 0 bridgehead atoms. The van der Waals surface area contributed by atoms with E-state index in [0.717, 1.165) is 24.3 Å². The van der Waals surface area contributed by atoms with Crippen LogP contribution in [0.2, 0.25) is 0 Å². The number of oxazole rings is 1. The maximum absolute atomic E-state index is 12.7. The smallest absolute Gasteiger partial charge is 0.416 e. The summed E-state index contributed by atoms with van der Waals surface area (Å²) in [4.78, 5) is 28.1. The molecular weight excluding hydrogens is 389 g/mol. The number of alkyl halides is 3. The first kappa shape index (κ1) is 20.1. The highest BCUT2D eigenvalue weighted by Gasteiger charge is 2.30. The molecule has 0 aliphatic carbocycles. The van der Waals surface area contributed by atoms with Gasteiger partial charge in [0.2, 0.25) is 5.89 Å². The Hall–Kier alpha value is -3.62. The van der Waals surface area contributed by atoms with Crippen LogP contribution in [0, 0.1) is 0 Å². The van der Waals surface area contributed by atoms with E-state index in [-0.39, 0.29) is 11.6 Å². The number of amides is 1. The van der Waals surface area contributed by atoms with Gasteiger partial charge in [0, 0.05) is 17.8 Å². The lowest BCUT2D eigenvalue weighted by Gasteiger charge is -2.13. The Labute approximate surface area is 163 Å². The van der Waals surface area contributed by atoms with E-state index in [9.17, 15) is 22.8 Å². The van der Waals surface area contributed by atoms with Gasteiger partial charge in [-0.05, 0) is 37.3 Å². The fraction of sp³-hybridized carbons (Fsp3) is 0.150. The van der Waals surface area contributed by atoms with Crippen LogP contribution in [-0.2, 0) is 20.5 Å². The third-order valence-corrected chi connectivity index (χ3v) is 3.79. The third-order valence-electron chi connectivity index (χ3n) is 3.79. The van der Waals surface area contributed by atoms with E-state index < -0.39 is 29.7 Å². The number of hydrogen-bond acceptors (Lipinski definition) is 5. The van der Waals surface area contributed by atoms with Crippen molar-refractivity contribution in [1.82, 2.24) is 4.98 Å². The molecule has 0 aliphatic rings. The second-order valence-corrected chi connectivity index (χ2v) is 6.00. The van der Waals surface area contributed by atoms with Gasteiger partial charge in [-0.1, -0.05) is 18.2 Å². The SMILES string of the molecule is C[C@H](OC(=O)/C=C/c1nc2ccccc2o1)C(=O)Nc1cccc(C(F)(F)F)c1. The van der Waals surface area contributed by atoms with Gasteiger partial charge in [0.1, 0.15) is 5.52 Å². The summed E-state index contributed by atoms with van der Waals surface area (Å²) < 4.78 is 48.5. The van der Waals surface area contributed by atoms with E-state index >= 15 is 0 Å². The number of nitrogens with zero attached hydrogens (tertiary/aromatic N) is 1. The van der Waals surface area contributed by atoms with Crippen LogP contribution in [0.4, 0.5) is 18.9 Å². The molecule has 150 valence electrons. The van der Waals surface area contributed by atoms with Crippen molar-refractivity contribution < 1.29 is 31.9 Å². The number of aromatic nitrogens is 1. The van der Waals surface area contributed by atoms with Crippen molar-refractivity contribution in [3.8, 4) is 0 Å². The fourth-order valence-corrected chi connectivity index (χ4v) is 2.38. The maximum atomic E-state index is 12.7. The lowest BCUT2D eigenvalue weighted by atomic mass is 10.2. The summed E-state index contributed by atoms with van der Waals surface area (Å²) in [6.45, 7) is 1.30. The Bertz CT molecular complexity index is 1040. The number of benzene rings is 2. The second-order valence-electron chi connectivity index (χ2n) is 6.00. The van der Waals surface area contributed by atoms with Crippen molar-refractivity contribution in [2.45, 2.75) is 19.2 Å². The van der Waals surface area contributed by atoms with Crippen LogP contribution in [0.1, 0.15) is 18.4 Å². The van der Waals surface area contributed by atoms with Crippen molar-refractivity contribution in [3.63, 3.8) is 0 Å². The maximum Gasteiger partial charge on any atom is 0.416 e. The van der Waals surface area contributed by atoms with Crippen LogP contribution >= 0.6 is 0 Å². The van der Waals surface area contributed by atoms with Gasteiger partial charge in [-0.25, -0.2) is 9.78 Å². The van der Waals surface area contributed by atoms with Gasteiger partial charge in [-0.3, -0.25) is 4.79 Å². The Kier molecular flexibility index (Phi) is 5.67. The minimum Gasteiger partial charge on any atom is -0.449 e. The Balaban J connectivity index is 1.58. The van der Waals surface area contributed by atoms with Crippen molar-refractivity contribution in [2.75, 3.05) is 5.32 Å². The predicted molar refractivity (Wildman–Crippen MR) is 98.7 cm³/mol. The molecule has 0 saturated heterocycles. The van der Waals surface area contributed by atoms with Crippen LogP contribution in [0.5, 0.6) is 0 Å². The first-order valence-corrected chi connectivity index (χ1v) is 8.45. The number of hydrogen-bond donors (Lipinski definition) is 1. The zero-order valence-corrected chi connectivity index (χ0v) is 15.1. The highest BCUT2D eigenvalue weighted by Crippen LogP contribution is 2.30. The van der Waals surface area contributed by atoms with Crippen LogP contribution in [0.3, 0.4) is 0 Å². The van der Waals surface area contributed by atoms with Crippen LogP contribution in [-0.4, -0.2) is 23.0 Å². The van der Waals surface area contributed by atoms with E-state index in [2.05, 4.69) is 10.3 Å². The molecule has 1 N–H and O–H groups in total. The molecule has 0 saturated carbocycles. The number of carbonyl (C=O) groups is 2. The highest BCUT2D eigenvalue weighted by atomic mass is 19.4. The van der Waals surface area contributed by atoms with E-state index in [4.69, 9.17) is 9.15 Å². The number of halogens is 3. The van der Waals surface area contributed by atoms with E-state index in [0.29, 0.717) is 11.1 Å². The summed E-state index contributed by atoms with van der Waals surface area (Å²) in [7, 11) is 0. The van der Waals surface area contributed by atoms with Crippen molar-refractivity contribution in [1.29, 1.82) is 0 Å². The number of fused-ring (bicyclic) bond motifs is 1. The monoisotopic (exact) mass is 404 g/mol. The standard InChI is InChI=1S/C20H15F3N2O4/c1-12(19(27)24-14-6-4-5-13(11-14)20(21,22)23)28-18(26)10-9-17-25-15-7-2-3-8-16(15)29-17/h2-12H,1H3,(H,24,27)/b10-9+/t12-/m0/s1. The summed E-state index contributed by atoms with van der Waals surface area (Å²) in [6.07, 6.45) is -3.43. The molecule has 9 heteroatoms. The predicted octanol–water partition coefficient (Wildman–Crippen LogP) is 4.43. The first-order valence-electron chi connectivity index (χ1n) is 8.45. The van der Waals surface area contributed by atoms with Crippen molar-refractivity contribution in [2.24, 2.45) is 0 Å². The molecule has 1 heterocycles. The van der Waals surface area contributed by atoms with Crippen molar-refractivity contribution >= 4 is 34.7 Å². The molecule has 0 unspecified atom stereocenters. The zero-order chi connectivity index (χ0) is 21.0. The van der Waals surface area contributed by atoms with Crippen molar-refractivity contribution in [3.05, 3.63) is 66.1 Å². The molecule has 3 rings (SSSR count). The number of ether oxygens (including phenoxy) is 1. The van der Waals surface area contributed by atoms with Crippen LogP contribution in [0.25, 0.3) is 17.2 Å². The van der Waals surface area contributed by atoms with E-state index in [1.165, 1.54) is 19.1 Å². The molecule has 3 aromatic rings. The molecule has 1 atom stereocenters. The Morgan fingerprint density at radius 1 is 1.17 bits per heavy atom. The largest absolute Gasteiger partial charge is 0.449 e. The highest BCUT2D eigenvalue weighted by molar-refractivity contribution is 5.96. The zero-order valence-electron chi connectivity index (χ0n) is 15.1.